The van der Waals surface area contributed by atoms with Gasteiger partial charge >= 0.3 is 0 Å². The molecular weight excluding hydrogens is 404 g/mol. The van der Waals surface area contributed by atoms with Crippen LogP contribution in [-0.4, -0.2) is 34.6 Å². The van der Waals surface area contributed by atoms with Crippen molar-refractivity contribution in [3.05, 3.63) is 65.2 Å². The van der Waals surface area contributed by atoms with E-state index in [9.17, 15) is 9.59 Å². The predicted molar refractivity (Wildman–Crippen MR) is 121 cm³/mol. The molecule has 0 aliphatic rings. The van der Waals surface area contributed by atoms with Crippen LogP contribution >= 0.6 is 23.4 Å². The van der Waals surface area contributed by atoms with Crippen LogP contribution in [-0.2, 0) is 16.1 Å². The fraction of sp³-hybridized carbons (Fsp3) is 0.391. The molecule has 2 rings (SSSR count). The third-order valence-corrected chi connectivity index (χ3v) is 6.03. The van der Waals surface area contributed by atoms with Gasteiger partial charge in [-0.05, 0) is 50.1 Å². The minimum Gasteiger partial charge on any atom is -0.352 e. The highest BCUT2D eigenvalue weighted by atomic mass is 35.5. The van der Waals surface area contributed by atoms with E-state index in [0.717, 1.165) is 16.9 Å². The quantitative estimate of drug-likeness (QED) is 0.528. The lowest BCUT2D eigenvalue weighted by molar-refractivity contribution is -0.140. The highest BCUT2D eigenvalue weighted by Gasteiger charge is 2.26. The molecule has 0 radical (unpaired) electrons. The summed E-state index contributed by atoms with van der Waals surface area (Å²) < 4.78 is 0. The Morgan fingerprint density at radius 3 is 2.34 bits per heavy atom. The normalized spacial score (nSPS) is 12.8. The van der Waals surface area contributed by atoms with Crippen molar-refractivity contribution in [1.82, 2.24) is 10.2 Å². The summed E-state index contributed by atoms with van der Waals surface area (Å²) in [6.07, 6.45) is 1.21. The van der Waals surface area contributed by atoms with Gasteiger partial charge in [-0.3, -0.25) is 9.59 Å². The number of carbonyl (C=O) groups is 2. The monoisotopic (exact) mass is 432 g/mol. The summed E-state index contributed by atoms with van der Waals surface area (Å²) in [5, 5.41) is 3.68. The van der Waals surface area contributed by atoms with Crippen molar-refractivity contribution in [2.75, 3.05) is 5.75 Å². The lowest BCUT2D eigenvalue weighted by Gasteiger charge is -2.29. The van der Waals surface area contributed by atoms with Crippen LogP contribution in [0.15, 0.2) is 59.5 Å². The molecule has 2 atom stereocenters. The van der Waals surface area contributed by atoms with E-state index in [-0.39, 0.29) is 17.9 Å². The second-order valence-corrected chi connectivity index (χ2v) is 8.66. The van der Waals surface area contributed by atoms with E-state index in [1.54, 1.807) is 23.6 Å². The topological polar surface area (TPSA) is 49.4 Å². The van der Waals surface area contributed by atoms with Crippen LogP contribution in [0.5, 0.6) is 0 Å². The first-order valence-corrected chi connectivity index (χ1v) is 11.3. The Bertz CT molecular complexity index is 783. The Hall–Kier alpha value is -1.98. The van der Waals surface area contributed by atoms with Gasteiger partial charge in [0.25, 0.3) is 0 Å². The molecule has 0 aliphatic heterocycles. The minimum atomic E-state index is -0.530. The molecule has 0 aromatic heterocycles. The number of hydrogen-bond donors (Lipinski definition) is 1. The van der Waals surface area contributed by atoms with Crippen LogP contribution < -0.4 is 5.32 Å². The number of rotatable bonds is 10. The molecule has 0 fully saturated rings. The number of halogens is 1. The maximum atomic E-state index is 13.0. The van der Waals surface area contributed by atoms with E-state index in [1.807, 2.05) is 68.4 Å². The van der Waals surface area contributed by atoms with E-state index >= 15 is 0 Å². The van der Waals surface area contributed by atoms with Crippen LogP contribution in [0.4, 0.5) is 0 Å². The summed E-state index contributed by atoms with van der Waals surface area (Å²) in [7, 11) is 0. The Morgan fingerprint density at radius 1 is 1.07 bits per heavy atom. The van der Waals surface area contributed by atoms with Crippen LogP contribution in [0, 0.1) is 0 Å². The largest absolute Gasteiger partial charge is 0.352 e. The summed E-state index contributed by atoms with van der Waals surface area (Å²) in [6, 6.07) is 16.9. The van der Waals surface area contributed by atoms with Gasteiger partial charge in [0.2, 0.25) is 11.8 Å². The number of thioether (sulfide) groups is 1. The van der Waals surface area contributed by atoms with Gasteiger partial charge in [0.15, 0.2) is 0 Å². The van der Waals surface area contributed by atoms with E-state index < -0.39 is 6.04 Å². The molecule has 0 aliphatic carbocycles. The van der Waals surface area contributed by atoms with E-state index in [2.05, 4.69) is 5.32 Å². The number of nitrogens with one attached hydrogen (secondary N) is 1. The summed E-state index contributed by atoms with van der Waals surface area (Å²) in [5.74, 6) is 0.502. The van der Waals surface area contributed by atoms with Crippen molar-refractivity contribution in [3.63, 3.8) is 0 Å². The number of nitrogens with zero attached hydrogens (tertiary/aromatic N) is 1. The number of benzene rings is 2. The first-order chi connectivity index (χ1) is 13.9. The van der Waals surface area contributed by atoms with Gasteiger partial charge in [-0.2, -0.15) is 0 Å². The molecule has 2 unspecified atom stereocenters. The molecule has 0 bridgehead atoms. The molecule has 29 heavy (non-hydrogen) atoms. The average Bonchev–Trinajstić information content (AvgIpc) is 2.73. The number of hydrogen-bond acceptors (Lipinski definition) is 3. The molecular formula is C23H29ClN2O2S. The summed E-state index contributed by atoms with van der Waals surface area (Å²) in [5.41, 5.74) is 1.01. The van der Waals surface area contributed by atoms with Crippen molar-refractivity contribution >= 4 is 35.2 Å². The van der Waals surface area contributed by atoms with Crippen LogP contribution in [0.25, 0.3) is 0 Å². The third-order valence-electron chi connectivity index (χ3n) is 4.76. The molecule has 1 N–H and O–H groups in total. The number of carbonyl (C=O) groups excluding carboxylic acids is 2. The predicted octanol–water partition coefficient (Wildman–Crippen LogP) is 5.15. The van der Waals surface area contributed by atoms with E-state index in [0.29, 0.717) is 23.7 Å². The van der Waals surface area contributed by atoms with Crippen molar-refractivity contribution in [1.29, 1.82) is 0 Å². The van der Waals surface area contributed by atoms with Crippen molar-refractivity contribution < 1.29 is 9.59 Å². The molecule has 0 saturated heterocycles. The molecule has 6 heteroatoms. The SMILES string of the molecule is CCC(C)NC(=O)C(C)N(Cc1ccccc1)C(=O)CCSc1ccc(Cl)cc1. The highest BCUT2D eigenvalue weighted by molar-refractivity contribution is 7.99. The van der Waals surface area contributed by atoms with Gasteiger partial charge in [0, 0.05) is 34.7 Å². The minimum absolute atomic E-state index is 0.0258. The van der Waals surface area contributed by atoms with Gasteiger partial charge in [-0.25, -0.2) is 0 Å². The summed E-state index contributed by atoms with van der Waals surface area (Å²) in [6.45, 7) is 6.21. The van der Waals surface area contributed by atoms with Gasteiger partial charge in [0.1, 0.15) is 6.04 Å². The summed E-state index contributed by atoms with van der Waals surface area (Å²) in [4.78, 5) is 28.4. The maximum absolute atomic E-state index is 13.0. The zero-order valence-electron chi connectivity index (χ0n) is 17.2. The number of amides is 2. The van der Waals surface area contributed by atoms with Crippen molar-refractivity contribution in [3.8, 4) is 0 Å². The molecule has 2 amide bonds. The van der Waals surface area contributed by atoms with Crippen LogP contribution in [0.1, 0.15) is 39.2 Å². The molecule has 2 aromatic rings. The standard InChI is InChI=1S/C23H29ClN2O2S/c1-4-17(2)25-23(28)18(3)26(16-19-8-6-5-7-9-19)22(27)14-15-29-21-12-10-20(24)11-13-21/h5-13,17-18H,4,14-16H2,1-3H3,(H,25,28). The lowest BCUT2D eigenvalue weighted by atomic mass is 10.1. The Balaban J connectivity index is 2.03. The van der Waals surface area contributed by atoms with Gasteiger partial charge in [-0.15, -0.1) is 11.8 Å². The van der Waals surface area contributed by atoms with Crippen LogP contribution in [0.3, 0.4) is 0 Å². The fourth-order valence-corrected chi connectivity index (χ4v) is 3.73. The van der Waals surface area contributed by atoms with Gasteiger partial charge in [0.05, 0.1) is 0 Å². The average molecular weight is 433 g/mol. The van der Waals surface area contributed by atoms with Crippen molar-refractivity contribution in [2.24, 2.45) is 0 Å². The molecule has 156 valence electrons. The smallest absolute Gasteiger partial charge is 0.242 e. The zero-order chi connectivity index (χ0) is 21.2. The molecule has 2 aromatic carbocycles. The van der Waals surface area contributed by atoms with E-state index in [1.165, 1.54) is 0 Å². The Labute approximate surface area is 183 Å². The Kier molecular flexibility index (Phi) is 9.55. The third kappa shape index (κ3) is 7.75. The van der Waals surface area contributed by atoms with Gasteiger partial charge in [-0.1, -0.05) is 48.9 Å². The van der Waals surface area contributed by atoms with Gasteiger partial charge < -0.3 is 10.2 Å². The molecule has 0 heterocycles. The second kappa shape index (κ2) is 11.9. The first-order valence-electron chi connectivity index (χ1n) is 9.92. The lowest BCUT2D eigenvalue weighted by Crippen LogP contribution is -2.49. The molecule has 0 saturated carbocycles. The highest BCUT2D eigenvalue weighted by Crippen LogP contribution is 2.22. The first kappa shape index (κ1) is 23.3. The zero-order valence-corrected chi connectivity index (χ0v) is 18.8. The maximum Gasteiger partial charge on any atom is 0.242 e. The Morgan fingerprint density at radius 2 is 1.72 bits per heavy atom. The van der Waals surface area contributed by atoms with Crippen LogP contribution in [0.2, 0.25) is 5.02 Å². The molecule has 4 nitrogen and oxygen atoms in total. The fourth-order valence-electron chi connectivity index (χ4n) is 2.76. The molecule has 0 spiro atoms. The second-order valence-electron chi connectivity index (χ2n) is 7.05. The summed E-state index contributed by atoms with van der Waals surface area (Å²) >= 11 is 7.53. The van der Waals surface area contributed by atoms with E-state index in [4.69, 9.17) is 11.6 Å². The van der Waals surface area contributed by atoms with Crippen molar-refractivity contribution in [2.45, 2.75) is 57.1 Å².